The molecule has 1 fully saturated rings. The van der Waals surface area contributed by atoms with Crippen molar-refractivity contribution < 1.29 is 18.3 Å². The van der Waals surface area contributed by atoms with Gasteiger partial charge in [-0.05, 0) is 18.2 Å². The van der Waals surface area contributed by atoms with Gasteiger partial charge in [-0.25, -0.2) is 13.8 Å². The van der Waals surface area contributed by atoms with Crippen LogP contribution >= 0.6 is 0 Å². The molecule has 1 aromatic carbocycles. The van der Waals surface area contributed by atoms with Crippen molar-refractivity contribution in [2.75, 3.05) is 6.79 Å². The van der Waals surface area contributed by atoms with E-state index in [4.69, 9.17) is 9.47 Å². The van der Waals surface area contributed by atoms with Crippen molar-refractivity contribution in [2.45, 2.75) is 18.8 Å². The summed E-state index contributed by atoms with van der Waals surface area (Å²) in [4.78, 5) is 4.26. The number of nitrogens with one attached hydrogen (secondary N) is 1. The van der Waals surface area contributed by atoms with Crippen LogP contribution < -0.4 is 9.47 Å². The minimum atomic E-state index is -2.54. The quantitative estimate of drug-likeness (QED) is 0.937. The van der Waals surface area contributed by atoms with Gasteiger partial charge in [0.1, 0.15) is 5.82 Å². The SMILES string of the molecule is FC1(F)CC1Cc1nc(-c2ccc3c(c2)OCO3)n[nH]1. The lowest BCUT2D eigenvalue weighted by atomic mass is 10.2. The Morgan fingerprint density at radius 2 is 2.10 bits per heavy atom. The lowest BCUT2D eigenvalue weighted by molar-refractivity contribution is 0.0985. The molecule has 0 saturated heterocycles. The third kappa shape index (κ3) is 1.90. The van der Waals surface area contributed by atoms with E-state index in [-0.39, 0.29) is 19.6 Å². The van der Waals surface area contributed by atoms with E-state index in [1.54, 1.807) is 12.1 Å². The molecule has 1 aromatic heterocycles. The van der Waals surface area contributed by atoms with Crippen LogP contribution in [-0.4, -0.2) is 27.9 Å². The Hall–Kier alpha value is -2.18. The fraction of sp³-hybridized carbons (Fsp3) is 0.385. The average Bonchev–Trinajstić information content (AvgIpc) is 2.86. The highest BCUT2D eigenvalue weighted by molar-refractivity contribution is 5.61. The van der Waals surface area contributed by atoms with E-state index in [2.05, 4.69) is 15.2 Å². The monoisotopic (exact) mass is 279 g/mol. The molecule has 1 N–H and O–H groups in total. The summed E-state index contributed by atoms with van der Waals surface area (Å²) < 4.78 is 36.2. The van der Waals surface area contributed by atoms with Crippen molar-refractivity contribution >= 4 is 0 Å². The Kier molecular flexibility index (Phi) is 2.27. The van der Waals surface area contributed by atoms with Gasteiger partial charge < -0.3 is 9.47 Å². The van der Waals surface area contributed by atoms with Crippen molar-refractivity contribution in [1.29, 1.82) is 0 Å². The number of aromatic nitrogens is 3. The minimum Gasteiger partial charge on any atom is -0.454 e. The van der Waals surface area contributed by atoms with Crippen LogP contribution in [-0.2, 0) is 6.42 Å². The van der Waals surface area contributed by atoms with Crippen LogP contribution in [0, 0.1) is 5.92 Å². The lowest BCUT2D eigenvalue weighted by Gasteiger charge is -1.98. The molecule has 20 heavy (non-hydrogen) atoms. The standard InChI is InChI=1S/C13H11F2N3O2/c14-13(15)5-8(13)4-11-16-12(18-17-11)7-1-2-9-10(3-7)20-6-19-9/h1-3,8H,4-6H2,(H,16,17,18). The zero-order chi connectivity index (χ0) is 13.7. The van der Waals surface area contributed by atoms with E-state index < -0.39 is 11.8 Å². The summed E-state index contributed by atoms with van der Waals surface area (Å²) in [6.45, 7) is 0.203. The number of alkyl halides is 2. The van der Waals surface area contributed by atoms with Crippen molar-refractivity contribution in [3.8, 4) is 22.9 Å². The average molecular weight is 279 g/mol. The maximum Gasteiger partial charge on any atom is 0.252 e. The third-order valence-electron chi connectivity index (χ3n) is 3.56. The molecule has 1 atom stereocenters. The first-order valence-corrected chi connectivity index (χ1v) is 6.31. The van der Waals surface area contributed by atoms with Gasteiger partial charge in [-0.1, -0.05) is 0 Å². The highest BCUT2D eigenvalue weighted by Crippen LogP contribution is 2.50. The highest BCUT2D eigenvalue weighted by Gasteiger charge is 2.56. The van der Waals surface area contributed by atoms with E-state index in [0.29, 0.717) is 23.1 Å². The molecule has 1 unspecified atom stereocenters. The second kappa shape index (κ2) is 3.91. The van der Waals surface area contributed by atoms with Gasteiger partial charge in [0.15, 0.2) is 17.3 Å². The highest BCUT2D eigenvalue weighted by atomic mass is 19.3. The predicted octanol–water partition coefficient (Wildman–Crippen LogP) is 2.40. The van der Waals surface area contributed by atoms with Crippen LogP contribution in [0.25, 0.3) is 11.4 Å². The van der Waals surface area contributed by atoms with Crippen LogP contribution in [0.4, 0.5) is 8.78 Å². The van der Waals surface area contributed by atoms with E-state index in [1.807, 2.05) is 6.07 Å². The van der Waals surface area contributed by atoms with Crippen LogP contribution in [0.3, 0.4) is 0 Å². The van der Waals surface area contributed by atoms with Crippen LogP contribution in [0.15, 0.2) is 18.2 Å². The molecule has 4 rings (SSSR count). The summed E-state index contributed by atoms with van der Waals surface area (Å²) in [5, 5.41) is 6.78. The number of fused-ring (bicyclic) bond motifs is 1. The maximum absolute atomic E-state index is 12.9. The molecule has 7 heteroatoms. The molecule has 0 spiro atoms. The number of aromatic amines is 1. The summed E-state index contributed by atoms with van der Waals surface area (Å²) in [6, 6.07) is 5.37. The van der Waals surface area contributed by atoms with Gasteiger partial charge in [-0.15, -0.1) is 0 Å². The van der Waals surface area contributed by atoms with Crippen molar-refractivity contribution in [2.24, 2.45) is 5.92 Å². The van der Waals surface area contributed by atoms with E-state index in [9.17, 15) is 8.78 Å². The molecule has 0 radical (unpaired) electrons. The number of hydrogen-bond acceptors (Lipinski definition) is 4. The molecule has 1 saturated carbocycles. The van der Waals surface area contributed by atoms with Crippen LogP contribution in [0.2, 0.25) is 0 Å². The smallest absolute Gasteiger partial charge is 0.252 e. The number of H-pyrrole nitrogens is 1. The number of halogens is 2. The molecule has 1 aliphatic carbocycles. The molecule has 5 nitrogen and oxygen atoms in total. The number of rotatable bonds is 3. The summed E-state index contributed by atoms with van der Waals surface area (Å²) in [7, 11) is 0. The van der Waals surface area contributed by atoms with E-state index in [1.165, 1.54) is 0 Å². The van der Waals surface area contributed by atoms with Gasteiger partial charge in [0, 0.05) is 24.3 Å². The number of hydrogen-bond donors (Lipinski definition) is 1. The maximum atomic E-state index is 12.9. The van der Waals surface area contributed by atoms with Gasteiger partial charge >= 0.3 is 0 Å². The normalized spacial score (nSPS) is 22.0. The largest absolute Gasteiger partial charge is 0.454 e. The van der Waals surface area contributed by atoms with Gasteiger partial charge in [-0.3, -0.25) is 5.10 Å². The fourth-order valence-corrected chi connectivity index (χ4v) is 2.28. The number of nitrogens with zero attached hydrogens (tertiary/aromatic N) is 2. The third-order valence-corrected chi connectivity index (χ3v) is 3.56. The first-order valence-electron chi connectivity index (χ1n) is 6.31. The Bertz CT molecular complexity index is 671. The molecule has 2 aromatic rings. The summed E-state index contributed by atoms with van der Waals surface area (Å²) in [5.74, 6) is -0.863. The molecule has 0 amide bonds. The Labute approximate surface area is 112 Å². The molecule has 2 aliphatic rings. The van der Waals surface area contributed by atoms with Gasteiger partial charge in [0.25, 0.3) is 5.92 Å². The first kappa shape index (κ1) is 11.6. The van der Waals surface area contributed by atoms with Gasteiger partial charge in [0.05, 0.1) is 0 Å². The molecule has 1 aliphatic heterocycles. The van der Waals surface area contributed by atoms with E-state index >= 15 is 0 Å². The summed E-state index contributed by atoms with van der Waals surface area (Å²) in [5.41, 5.74) is 0.763. The zero-order valence-corrected chi connectivity index (χ0v) is 10.4. The Morgan fingerprint density at radius 1 is 1.30 bits per heavy atom. The van der Waals surface area contributed by atoms with Crippen LogP contribution in [0.5, 0.6) is 11.5 Å². The number of ether oxygens (including phenoxy) is 2. The summed E-state index contributed by atoms with van der Waals surface area (Å²) in [6.07, 6.45) is 0.164. The molecular weight excluding hydrogens is 268 g/mol. The van der Waals surface area contributed by atoms with Crippen molar-refractivity contribution in [3.63, 3.8) is 0 Å². The first-order chi connectivity index (χ1) is 9.62. The van der Waals surface area contributed by atoms with Crippen molar-refractivity contribution in [1.82, 2.24) is 15.2 Å². The van der Waals surface area contributed by atoms with Crippen molar-refractivity contribution in [3.05, 3.63) is 24.0 Å². The Balaban J connectivity index is 1.56. The second-order valence-corrected chi connectivity index (χ2v) is 5.04. The minimum absolute atomic E-state index is 0.0624. The number of benzene rings is 1. The van der Waals surface area contributed by atoms with E-state index in [0.717, 1.165) is 5.56 Å². The fourth-order valence-electron chi connectivity index (χ4n) is 2.28. The molecular formula is C13H11F2N3O2. The molecule has 104 valence electrons. The van der Waals surface area contributed by atoms with Gasteiger partial charge in [0.2, 0.25) is 6.79 Å². The Morgan fingerprint density at radius 3 is 2.90 bits per heavy atom. The van der Waals surface area contributed by atoms with Gasteiger partial charge in [-0.2, -0.15) is 5.10 Å². The molecule has 0 bridgehead atoms. The predicted molar refractivity (Wildman–Crippen MR) is 64.7 cm³/mol. The molecule has 2 heterocycles. The lowest BCUT2D eigenvalue weighted by Crippen LogP contribution is -1.99. The topological polar surface area (TPSA) is 60.0 Å². The van der Waals surface area contributed by atoms with Crippen LogP contribution in [0.1, 0.15) is 12.2 Å². The second-order valence-electron chi connectivity index (χ2n) is 5.04. The zero-order valence-electron chi connectivity index (χ0n) is 10.4. The summed E-state index contributed by atoms with van der Waals surface area (Å²) >= 11 is 0.